The number of rotatable bonds is 7. The minimum absolute atomic E-state index is 0.641. The fraction of sp³-hybridized carbons (Fsp3) is 0.471. The van der Waals surface area contributed by atoms with Crippen molar-refractivity contribution in [1.29, 1.82) is 0 Å². The van der Waals surface area contributed by atoms with Crippen molar-refractivity contribution < 1.29 is 0 Å². The van der Waals surface area contributed by atoms with Gasteiger partial charge in [-0.25, -0.2) is 0 Å². The average molecular weight is 256 g/mol. The Morgan fingerprint density at radius 1 is 1.16 bits per heavy atom. The van der Waals surface area contributed by atoms with Crippen molar-refractivity contribution in [2.24, 2.45) is 0 Å². The van der Waals surface area contributed by atoms with Crippen molar-refractivity contribution in [3.63, 3.8) is 0 Å². The van der Waals surface area contributed by atoms with Gasteiger partial charge in [0, 0.05) is 23.8 Å². The van der Waals surface area contributed by atoms with E-state index in [0.29, 0.717) is 6.04 Å². The largest absolute Gasteiger partial charge is 0.314 e. The summed E-state index contributed by atoms with van der Waals surface area (Å²) in [5, 5.41) is 6.18. The summed E-state index contributed by atoms with van der Waals surface area (Å²) in [4.78, 5) is 4.26. The molecule has 19 heavy (non-hydrogen) atoms. The number of aryl methyl sites for hydroxylation is 1. The molecule has 0 bridgehead atoms. The molecule has 0 radical (unpaired) electrons. The van der Waals surface area contributed by atoms with E-state index in [9.17, 15) is 0 Å². The first-order valence-electron chi connectivity index (χ1n) is 7.40. The second kappa shape index (κ2) is 7.25. The molecule has 1 heterocycles. The number of hydrogen-bond donors (Lipinski definition) is 1. The first-order chi connectivity index (χ1) is 9.35. The summed E-state index contributed by atoms with van der Waals surface area (Å²) in [6.07, 6.45) is 8.69. The molecule has 0 aliphatic carbocycles. The molecule has 102 valence electrons. The summed E-state index contributed by atoms with van der Waals surface area (Å²) in [7, 11) is 0. The smallest absolute Gasteiger partial charge is 0.0349 e. The van der Waals surface area contributed by atoms with Crippen molar-refractivity contribution in [2.75, 3.05) is 6.54 Å². The van der Waals surface area contributed by atoms with Crippen LogP contribution in [0.4, 0.5) is 0 Å². The molecule has 1 aromatic heterocycles. The van der Waals surface area contributed by atoms with E-state index in [1.165, 1.54) is 35.6 Å². The molecule has 0 saturated carbocycles. The topological polar surface area (TPSA) is 24.9 Å². The van der Waals surface area contributed by atoms with Crippen LogP contribution in [0.15, 0.2) is 36.7 Å². The average Bonchev–Trinajstić information content (AvgIpc) is 2.45. The molecule has 0 aliphatic rings. The number of hydrogen-bond acceptors (Lipinski definition) is 2. The molecule has 2 nitrogen and oxygen atoms in total. The molecule has 0 saturated heterocycles. The van der Waals surface area contributed by atoms with Crippen LogP contribution in [-0.4, -0.2) is 17.6 Å². The summed E-state index contributed by atoms with van der Waals surface area (Å²) in [6.45, 7) is 5.50. The van der Waals surface area contributed by atoms with E-state index in [-0.39, 0.29) is 0 Å². The first kappa shape index (κ1) is 14.0. The molecule has 2 heteroatoms. The van der Waals surface area contributed by atoms with Gasteiger partial charge in [-0.3, -0.25) is 4.98 Å². The highest BCUT2D eigenvalue weighted by Gasteiger charge is 2.07. The van der Waals surface area contributed by atoms with Crippen LogP contribution in [0, 0.1) is 0 Å². The van der Waals surface area contributed by atoms with Crippen LogP contribution >= 0.6 is 0 Å². The Kier molecular flexibility index (Phi) is 5.34. The van der Waals surface area contributed by atoms with Crippen molar-refractivity contribution in [1.82, 2.24) is 10.3 Å². The SMILES string of the molecule is CCCC(CCc1cccc2ccncc12)NCC. The third-order valence-electron chi connectivity index (χ3n) is 3.67. The van der Waals surface area contributed by atoms with E-state index in [4.69, 9.17) is 0 Å². The van der Waals surface area contributed by atoms with Gasteiger partial charge in [0.05, 0.1) is 0 Å². The van der Waals surface area contributed by atoms with Gasteiger partial charge in [0.2, 0.25) is 0 Å². The zero-order valence-electron chi connectivity index (χ0n) is 12.0. The molecule has 1 aromatic carbocycles. The van der Waals surface area contributed by atoms with Crippen LogP contribution in [0.25, 0.3) is 10.8 Å². The van der Waals surface area contributed by atoms with Gasteiger partial charge >= 0.3 is 0 Å². The zero-order chi connectivity index (χ0) is 13.5. The van der Waals surface area contributed by atoms with E-state index in [0.717, 1.165) is 13.0 Å². The Hall–Kier alpha value is -1.41. The highest BCUT2D eigenvalue weighted by Crippen LogP contribution is 2.19. The predicted molar refractivity (Wildman–Crippen MR) is 82.4 cm³/mol. The Bertz CT molecular complexity index is 496. The molecule has 0 spiro atoms. The molecule has 2 rings (SSSR count). The lowest BCUT2D eigenvalue weighted by atomic mass is 9.98. The highest BCUT2D eigenvalue weighted by atomic mass is 14.9. The fourth-order valence-electron chi connectivity index (χ4n) is 2.71. The molecule has 0 amide bonds. The normalized spacial score (nSPS) is 12.7. The first-order valence-corrected chi connectivity index (χ1v) is 7.40. The monoisotopic (exact) mass is 256 g/mol. The Morgan fingerprint density at radius 3 is 2.84 bits per heavy atom. The summed E-state index contributed by atoms with van der Waals surface area (Å²) in [5.41, 5.74) is 1.42. The van der Waals surface area contributed by atoms with Gasteiger partial charge in [-0.1, -0.05) is 38.5 Å². The molecular formula is C17H24N2. The molecule has 1 N–H and O–H groups in total. The number of aromatic nitrogens is 1. The summed E-state index contributed by atoms with van der Waals surface area (Å²) in [5.74, 6) is 0. The number of benzene rings is 1. The number of nitrogens with one attached hydrogen (secondary N) is 1. The maximum atomic E-state index is 4.26. The minimum atomic E-state index is 0.641. The van der Waals surface area contributed by atoms with Gasteiger partial charge in [0.15, 0.2) is 0 Å². The van der Waals surface area contributed by atoms with E-state index >= 15 is 0 Å². The van der Waals surface area contributed by atoms with Crippen LogP contribution in [0.1, 0.15) is 38.7 Å². The third kappa shape index (κ3) is 3.77. The maximum Gasteiger partial charge on any atom is 0.0349 e. The predicted octanol–water partition coefficient (Wildman–Crippen LogP) is 3.95. The van der Waals surface area contributed by atoms with Crippen LogP contribution in [0.5, 0.6) is 0 Å². The number of nitrogens with zero attached hydrogens (tertiary/aromatic N) is 1. The number of pyridine rings is 1. The van der Waals surface area contributed by atoms with E-state index in [1.807, 2.05) is 12.4 Å². The van der Waals surface area contributed by atoms with Gasteiger partial charge in [0.25, 0.3) is 0 Å². The maximum absolute atomic E-state index is 4.26. The minimum Gasteiger partial charge on any atom is -0.314 e. The summed E-state index contributed by atoms with van der Waals surface area (Å²) < 4.78 is 0. The summed E-state index contributed by atoms with van der Waals surface area (Å²) in [6, 6.07) is 9.28. The molecule has 0 fully saturated rings. The van der Waals surface area contributed by atoms with E-state index in [1.54, 1.807) is 0 Å². The van der Waals surface area contributed by atoms with E-state index in [2.05, 4.69) is 48.4 Å². The quantitative estimate of drug-likeness (QED) is 0.811. The standard InChI is InChI=1S/C17H24N2/c1-3-6-16(19-4-2)10-9-14-7-5-8-15-11-12-18-13-17(14)15/h5,7-8,11-13,16,19H,3-4,6,9-10H2,1-2H3. The Labute approximate surface area is 116 Å². The van der Waals surface area contributed by atoms with Crippen molar-refractivity contribution in [3.8, 4) is 0 Å². The van der Waals surface area contributed by atoms with Gasteiger partial charge in [-0.15, -0.1) is 0 Å². The van der Waals surface area contributed by atoms with Gasteiger partial charge < -0.3 is 5.32 Å². The van der Waals surface area contributed by atoms with Gasteiger partial charge in [-0.05, 0) is 42.8 Å². The second-order valence-electron chi connectivity index (χ2n) is 5.10. The molecular weight excluding hydrogens is 232 g/mol. The third-order valence-corrected chi connectivity index (χ3v) is 3.67. The molecule has 1 unspecified atom stereocenters. The molecule has 0 aliphatic heterocycles. The van der Waals surface area contributed by atoms with Crippen LogP contribution in [0.2, 0.25) is 0 Å². The number of fused-ring (bicyclic) bond motifs is 1. The fourth-order valence-corrected chi connectivity index (χ4v) is 2.71. The molecule has 2 aromatic rings. The van der Waals surface area contributed by atoms with Crippen molar-refractivity contribution >= 4 is 10.8 Å². The lowest BCUT2D eigenvalue weighted by Crippen LogP contribution is -2.29. The summed E-state index contributed by atoms with van der Waals surface area (Å²) >= 11 is 0. The zero-order valence-corrected chi connectivity index (χ0v) is 12.0. The van der Waals surface area contributed by atoms with Gasteiger partial charge in [0.1, 0.15) is 0 Å². The second-order valence-corrected chi connectivity index (χ2v) is 5.10. The van der Waals surface area contributed by atoms with Crippen molar-refractivity contribution in [2.45, 2.75) is 45.6 Å². The highest BCUT2D eigenvalue weighted by molar-refractivity contribution is 5.84. The van der Waals surface area contributed by atoms with Crippen LogP contribution < -0.4 is 5.32 Å². The lowest BCUT2D eigenvalue weighted by molar-refractivity contribution is 0.460. The van der Waals surface area contributed by atoms with Crippen LogP contribution in [0.3, 0.4) is 0 Å². The van der Waals surface area contributed by atoms with Crippen LogP contribution in [-0.2, 0) is 6.42 Å². The lowest BCUT2D eigenvalue weighted by Gasteiger charge is -2.17. The Balaban J connectivity index is 2.08. The van der Waals surface area contributed by atoms with Gasteiger partial charge in [-0.2, -0.15) is 0 Å². The molecule has 1 atom stereocenters. The van der Waals surface area contributed by atoms with Crippen molar-refractivity contribution in [3.05, 3.63) is 42.2 Å². The Morgan fingerprint density at radius 2 is 2.05 bits per heavy atom. The van der Waals surface area contributed by atoms with E-state index < -0.39 is 0 Å².